The summed E-state index contributed by atoms with van der Waals surface area (Å²) in [5, 5.41) is 13.4. The quantitative estimate of drug-likeness (QED) is 0.390. The maximum atomic E-state index is 13.0. The molecule has 1 atom stereocenters. The number of nitrogens with one attached hydrogen (secondary N) is 1. The number of thiophene rings is 1. The van der Waals surface area contributed by atoms with Gasteiger partial charge in [0.15, 0.2) is 0 Å². The normalized spacial score (nSPS) is 12.5. The van der Waals surface area contributed by atoms with Gasteiger partial charge < -0.3 is 10.1 Å². The highest BCUT2D eigenvalue weighted by molar-refractivity contribution is 7.17. The first kappa shape index (κ1) is 21.7. The van der Waals surface area contributed by atoms with Crippen LogP contribution in [0.3, 0.4) is 0 Å². The topological polar surface area (TPSA) is 69.2 Å². The summed E-state index contributed by atoms with van der Waals surface area (Å²) in [6.45, 7) is 3.57. The van der Waals surface area contributed by atoms with E-state index in [1.165, 1.54) is 11.3 Å². The van der Waals surface area contributed by atoms with E-state index in [4.69, 9.17) is 16.6 Å². The van der Waals surface area contributed by atoms with Crippen LogP contribution in [0.25, 0.3) is 21.3 Å². The van der Waals surface area contributed by atoms with Gasteiger partial charge in [-0.3, -0.25) is 9.69 Å². The summed E-state index contributed by atoms with van der Waals surface area (Å²) in [6, 6.07) is 17.6. The van der Waals surface area contributed by atoms with Crippen LogP contribution < -0.4 is 5.56 Å². The van der Waals surface area contributed by atoms with Crippen molar-refractivity contribution in [2.24, 2.45) is 0 Å². The van der Waals surface area contributed by atoms with Gasteiger partial charge in [0.2, 0.25) is 0 Å². The van der Waals surface area contributed by atoms with Gasteiger partial charge in [0.05, 0.1) is 18.0 Å². The third kappa shape index (κ3) is 5.22. The van der Waals surface area contributed by atoms with Gasteiger partial charge in [-0.2, -0.15) is 0 Å². The van der Waals surface area contributed by atoms with Gasteiger partial charge in [-0.05, 0) is 29.7 Å². The highest BCUT2D eigenvalue weighted by Gasteiger charge is 2.17. The Hall–Kier alpha value is -2.51. The summed E-state index contributed by atoms with van der Waals surface area (Å²) in [5.41, 5.74) is 2.72. The van der Waals surface area contributed by atoms with Crippen molar-refractivity contribution >= 4 is 33.2 Å². The van der Waals surface area contributed by atoms with E-state index in [-0.39, 0.29) is 5.56 Å². The van der Waals surface area contributed by atoms with Gasteiger partial charge in [0, 0.05) is 29.1 Å². The minimum Gasteiger partial charge on any atom is -0.392 e. The molecular weight excluding hydrogens is 430 g/mol. The largest absolute Gasteiger partial charge is 0.392 e. The fraction of sp³-hybridized carbons (Fsp3) is 0.250. The highest BCUT2D eigenvalue weighted by atomic mass is 35.5. The molecule has 5 nitrogen and oxygen atoms in total. The number of halogens is 1. The van der Waals surface area contributed by atoms with Crippen LogP contribution >= 0.6 is 22.9 Å². The van der Waals surface area contributed by atoms with Crippen LogP contribution in [0.2, 0.25) is 5.02 Å². The lowest BCUT2D eigenvalue weighted by atomic mass is 10.1. The molecule has 0 aliphatic rings. The molecule has 4 aromatic rings. The van der Waals surface area contributed by atoms with Crippen molar-refractivity contribution in [1.29, 1.82) is 0 Å². The summed E-state index contributed by atoms with van der Waals surface area (Å²) in [5.74, 6) is 0.594. The Balaban J connectivity index is 1.64. The Morgan fingerprint density at radius 2 is 1.97 bits per heavy atom. The standard InChI is InChI=1S/C24H24ClN3O2S/c1-2-19(29)13-28(12-16-7-4-3-5-8-16)14-21-26-23(30)22-20(15-31-24(22)27-21)17-9-6-10-18(25)11-17/h3-11,15,19,29H,2,12-14H2,1H3,(H,26,27,30). The number of H-pyrrole nitrogens is 1. The average Bonchev–Trinajstić information content (AvgIpc) is 3.19. The number of rotatable bonds is 8. The molecule has 0 saturated heterocycles. The monoisotopic (exact) mass is 453 g/mol. The zero-order valence-electron chi connectivity index (χ0n) is 17.2. The molecular formula is C24H24ClN3O2S. The minimum atomic E-state index is -0.435. The molecule has 2 heterocycles. The van der Waals surface area contributed by atoms with Crippen LogP contribution in [-0.2, 0) is 13.1 Å². The number of aliphatic hydroxyl groups is 1. The number of nitrogens with zero attached hydrogens (tertiary/aromatic N) is 2. The fourth-order valence-electron chi connectivity index (χ4n) is 3.60. The van der Waals surface area contributed by atoms with Gasteiger partial charge >= 0.3 is 0 Å². The van der Waals surface area contributed by atoms with E-state index in [1.807, 2.05) is 54.8 Å². The molecule has 2 N–H and O–H groups in total. The first-order valence-electron chi connectivity index (χ1n) is 10.2. The lowest BCUT2D eigenvalue weighted by Crippen LogP contribution is -2.32. The van der Waals surface area contributed by atoms with Gasteiger partial charge in [0.1, 0.15) is 10.7 Å². The molecule has 0 saturated carbocycles. The Morgan fingerprint density at radius 3 is 2.71 bits per heavy atom. The smallest absolute Gasteiger partial charge is 0.260 e. The maximum Gasteiger partial charge on any atom is 0.260 e. The Bertz CT molecular complexity index is 1220. The van der Waals surface area contributed by atoms with Crippen LogP contribution in [0.15, 0.2) is 64.8 Å². The molecule has 1 unspecified atom stereocenters. The Morgan fingerprint density at radius 1 is 1.16 bits per heavy atom. The number of fused-ring (bicyclic) bond motifs is 1. The summed E-state index contributed by atoms with van der Waals surface area (Å²) in [6.07, 6.45) is 0.234. The molecule has 160 valence electrons. The van der Waals surface area contributed by atoms with Crippen LogP contribution in [0.5, 0.6) is 0 Å². The molecule has 4 rings (SSSR count). The molecule has 0 aliphatic heterocycles. The number of aromatic nitrogens is 2. The molecule has 0 fully saturated rings. The van der Waals surface area contributed by atoms with Crippen molar-refractivity contribution < 1.29 is 5.11 Å². The van der Waals surface area contributed by atoms with Crippen molar-refractivity contribution in [1.82, 2.24) is 14.9 Å². The molecule has 2 aromatic carbocycles. The summed E-state index contributed by atoms with van der Waals surface area (Å²) in [7, 11) is 0. The molecule has 0 spiro atoms. The second kappa shape index (κ2) is 9.75. The second-order valence-electron chi connectivity index (χ2n) is 7.57. The van der Waals surface area contributed by atoms with Gasteiger partial charge in [0.25, 0.3) is 5.56 Å². The fourth-order valence-corrected chi connectivity index (χ4v) is 4.76. The lowest BCUT2D eigenvalue weighted by Gasteiger charge is -2.24. The number of benzene rings is 2. The van der Waals surface area contributed by atoms with Crippen molar-refractivity contribution in [3.05, 3.63) is 86.7 Å². The molecule has 7 heteroatoms. The molecule has 0 bridgehead atoms. The Labute approximate surface area is 190 Å². The van der Waals surface area contributed by atoms with Crippen molar-refractivity contribution in [3.63, 3.8) is 0 Å². The number of hydrogen-bond acceptors (Lipinski definition) is 5. The summed E-state index contributed by atoms with van der Waals surface area (Å²) in [4.78, 5) is 23.5. The highest BCUT2D eigenvalue weighted by Crippen LogP contribution is 2.32. The van der Waals surface area contributed by atoms with E-state index >= 15 is 0 Å². The van der Waals surface area contributed by atoms with Crippen LogP contribution in [0.4, 0.5) is 0 Å². The number of aromatic amines is 1. The van der Waals surface area contributed by atoms with Crippen LogP contribution in [0, 0.1) is 0 Å². The average molecular weight is 454 g/mol. The van der Waals surface area contributed by atoms with Gasteiger partial charge in [-0.15, -0.1) is 11.3 Å². The molecule has 0 amide bonds. The first-order chi connectivity index (χ1) is 15.0. The van der Waals surface area contributed by atoms with E-state index in [0.29, 0.717) is 47.1 Å². The van der Waals surface area contributed by atoms with Crippen molar-refractivity contribution in [2.45, 2.75) is 32.5 Å². The number of aliphatic hydroxyl groups excluding tert-OH is 1. The predicted molar refractivity (Wildman–Crippen MR) is 128 cm³/mol. The second-order valence-corrected chi connectivity index (χ2v) is 8.86. The summed E-state index contributed by atoms with van der Waals surface area (Å²) < 4.78 is 0. The first-order valence-corrected chi connectivity index (χ1v) is 11.5. The van der Waals surface area contributed by atoms with Gasteiger partial charge in [-0.1, -0.05) is 61.0 Å². The van der Waals surface area contributed by atoms with E-state index in [0.717, 1.165) is 16.7 Å². The third-order valence-electron chi connectivity index (χ3n) is 5.19. The SMILES string of the molecule is CCC(O)CN(Cc1ccccc1)Cc1nc2scc(-c3cccc(Cl)c3)c2c(=O)[nH]1. The predicted octanol–water partition coefficient (Wildman–Crippen LogP) is 5.08. The van der Waals surface area contributed by atoms with Crippen LogP contribution in [-0.4, -0.2) is 32.6 Å². The van der Waals surface area contributed by atoms with Crippen molar-refractivity contribution in [3.8, 4) is 11.1 Å². The van der Waals surface area contributed by atoms with E-state index < -0.39 is 6.10 Å². The molecule has 2 aromatic heterocycles. The zero-order valence-corrected chi connectivity index (χ0v) is 18.8. The summed E-state index contributed by atoms with van der Waals surface area (Å²) >= 11 is 7.58. The van der Waals surface area contributed by atoms with E-state index in [1.54, 1.807) is 0 Å². The van der Waals surface area contributed by atoms with Gasteiger partial charge in [-0.25, -0.2) is 4.98 Å². The third-order valence-corrected chi connectivity index (χ3v) is 6.30. The lowest BCUT2D eigenvalue weighted by molar-refractivity contribution is 0.1000. The van der Waals surface area contributed by atoms with Crippen molar-refractivity contribution in [2.75, 3.05) is 6.54 Å². The zero-order chi connectivity index (χ0) is 21.8. The molecule has 0 radical (unpaired) electrons. The van der Waals surface area contributed by atoms with Crippen LogP contribution in [0.1, 0.15) is 24.7 Å². The van der Waals surface area contributed by atoms with E-state index in [2.05, 4.69) is 22.0 Å². The molecule has 0 aliphatic carbocycles. The molecule has 31 heavy (non-hydrogen) atoms. The van der Waals surface area contributed by atoms with E-state index in [9.17, 15) is 9.90 Å². The minimum absolute atomic E-state index is 0.160. The Kier molecular flexibility index (Phi) is 6.83. The number of hydrogen-bond donors (Lipinski definition) is 2. The maximum absolute atomic E-state index is 13.0.